The van der Waals surface area contributed by atoms with E-state index in [2.05, 4.69) is 10.3 Å². The third-order valence-corrected chi connectivity index (χ3v) is 8.02. The molecule has 4 rings (SSSR count). The molecular formula is C23H22FN3O5S2. The minimum Gasteiger partial charge on any atom is -0.454 e. The summed E-state index contributed by atoms with van der Waals surface area (Å²) in [7, 11) is -3.86. The number of ether oxygens (including phenoxy) is 1. The van der Waals surface area contributed by atoms with Crippen molar-refractivity contribution in [3.63, 3.8) is 0 Å². The van der Waals surface area contributed by atoms with Gasteiger partial charge in [-0.25, -0.2) is 17.8 Å². The van der Waals surface area contributed by atoms with Gasteiger partial charge in [0.1, 0.15) is 11.9 Å². The highest BCUT2D eigenvalue weighted by Gasteiger charge is 2.40. The van der Waals surface area contributed by atoms with Crippen LogP contribution >= 0.6 is 11.3 Å². The second-order valence-electron chi connectivity index (χ2n) is 7.79. The Bertz CT molecular complexity index is 1290. The first kappa shape index (κ1) is 24.0. The number of esters is 1. The topological polar surface area (TPSA) is 106 Å². The third-order valence-electron chi connectivity index (χ3n) is 5.34. The van der Waals surface area contributed by atoms with Crippen LogP contribution in [0, 0.1) is 12.7 Å². The van der Waals surface area contributed by atoms with E-state index in [0.29, 0.717) is 29.2 Å². The molecule has 0 saturated carbocycles. The molecule has 1 aliphatic heterocycles. The molecule has 1 aliphatic rings. The number of amides is 1. The van der Waals surface area contributed by atoms with E-state index in [-0.39, 0.29) is 17.3 Å². The molecule has 0 radical (unpaired) electrons. The van der Waals surface area contributed by atoms with E-state index >= 15 is 0 Å². The molecule has 1 amide bonds. The van der Waals surface area contributed by atoms with E-state index in [4.69, 9.17) is 4.74 Å². The highest BCUT2D eigenvalue weighted by molar-refractivity contribution is 7.89. The van der Waals surface area contributed by atoms with Gasteiger partial charge in [0, 0.05) is 17.5 Å². The van der Waals surface area contributed by atoms with Crippen LogP contribution in [0.4, 0.5) is 9.52 Å². The van der Waals surface area contributed by atoms with Crippen LogP contribution in [0.1, 0.15) is 18.4 Å². The van der Waals surface area contributed by atoms with E-state index in [9.17, 15) is 22.4 Å². The molecule has 11 heteroatoms. The lowest BCUT2D eigenvalue weighted by molar-refractivity contribution is -0.150. The normalized spacial score (nSPS) is 16.4. The number of aromatic nitrogens is 1. The Kier molecular flexibility index (Phi) is 7.05. The number of nitrogens with one attached hydrogen (secondary N) is 1. The fourth-order valence-electron chi connectivity index (χ4n) is 3.58. The maximum absolute atomic E-state index is 13.1. The number of sulfonamides is 1. The molecule has 0 bridgehead atoms. The Hall–Kier alpha value is -3.15. The lowest BCUT2D eigenvalue weighted by atomic mass is 10.2. The Morgan fingerprint density at radius 1 is 1.18 bits per heavy atom. The van der Waals surface area contributed by atoms with E-state index in [1.165, 1.54) is 35.6 Å². The number of benzene rings is 2. The smallest absolute Gasteiger partial charge is 0.324 e. The highest BCUT2D eigenvalue weighted by Crippen LogP contribution is 2.27. The zero-order chi connectivity index (χ0) is 24.3. The summed E-state index contributed by atoms with van der Waals surface area (Å²) in [5.41, 5.74) is 2.19. The lowest BCUT2D eigenvalue weighted by Crippen LogP contribution is -2.42. The van der Waals surface area contributed by atoms with Gasteiger partial charge < -0.3 is 4.74 Å². The van der Waals surface area contributed by atoms with Crippen LogP contribution in [0.2, 0.25) is 0 Å². The molecule has 34 heavy (non-hydrogen) atoms. The van der Waals surface area contributed by atoms with E-state index < -0.39 is 34.5 Å². The summed E-state index contributed by atoms with van der Waals surface area (Å²) in [6, 6.07) is 11.2. The second kappa shape index (κ2) is 10.00. The molecule has 1 aromatic heterocycles. The number of nitrogens with zero attached hydrogens (tertiary/aromatic N) is 2. The number of aryl methyl sites for hydroxylation is 1. The largest absolute Gasteiger partial charge is 0.454 e. The van der Waals surface area contributed by atoms with Crippen LogP contribution in [0.15, 0.2) is 58.8 Å². The average Bonchev–Trinajstić information content (AvgIpc) is 3.49. The van der Waals surface area contributed by atoms with E-state index in [1.807, 2.05) is 6.92 Å². The van der Waals surface area contributed by atoms with Gasteiger partial charge in [-0.3, -0.25) is 14.9 Å². The number of halogens is 1. The Morgan fingerprint density at radius 2 is 1.88 bits per heavy atom. The second-order valence-corrected chi connectivity index (χ2v) is 10.5. The van der Waals surface area contributed by atoms with Gasteiger partial charge in [0.2, 0.25) is 10.0 Å². The van der Waals surface area contributed by atoms with Crippen LogP contribution in [0.3, 0.4) is 0 Å². The summed E-state index contributed by atoms with van der Waals surface area (Å²) in [5, 5.41) is 4.55. The van der Waals surface area contributed by atoms with Gasteiger partial charge in [-0.2, -0.15) is 4.31 Å². The molecule has 0 aliphatic carbocycles. The minimum absolute atomic E-state index is 0.108. The molecule has 1 saturated heterocycles. The van der Waals surface area contributed by atoms with Gasteiger partial charge in [0.05, 0.1) is 10.6 Å². The maximum Gasteiger partial charge on any atom is 0.324 e. The van der Waals surface area contributed by atoms with Crippen molar-refractivity contribution in [1.29, 1.82) is 0 Å². The fourth-order valence-corrected chi connectivity index (χ4v) is 5.96. The van der Waals surface area contributed by atoms with E-state index in [0.717, 1.165) is 9.87 Å². The number of hydrogen-bond acceptors (Lipinski definition) is 7. The number of hydrogen-bond donors (Lipinski definition) is 1. The predicted molar refractivity (Wildman–Crippen MR) is 125 cm³/mol. The van der Waals surface area contributed by atoms with Crippen molar-refractivity contribution in [2.75, 3.05) is 18.5 Å². The number of anilines is 1. The third kappa shape index (κ3) is 5.32. The highest BCUT2D eigenvalue weighted by atomic mass is 32.2. The molecule has 0 spiro atoms. The van der Waals surface area contributed by atoms with Crippen molar-refractivity contribution >= 4 is 38.4 Å². The molecule has 1 unspecified atom stereocenters. The number of carbonyl (C=O) groups is 2. The number of rotatable bonds is 7. The van der Waals surface area contributed by atoms with Crippen LogP contribution in [-0.4, -0.2) is 48.8 Å². The first-order valence-electron chi connectivity index (χ1n) is 10.5. The zero-order valence-electron chi connectivity index (χ0n) is 18.2. The Morgan fingerprint density at radius 3 is 2.59 bits per heavy atom. The van der Waals surface area contributed by atoms with Crippen LogP contribution in [0.25, 0.3) is 11.3 Å². The van der Waals surface area contributed by atoms with Gasteiger partial charge in [-0.15, -0.1) is 11.3 Å². The zero-order valence-corrected chi connectivity index (χ0v) is 19.9. The monoisotopic (exact) mass is 503 g/mol. The van der Waals surface area contributed by atoms with Gasteiger partial charge in [-0.1, -0.05) is 17.7 Å². The van der Waals surface area contributed by atoms with Gasteiger partial charge in [-0.05, 0) is 56.2 Å². The molecule has 1 atom stereocenters. The van der Waals surface area contributed by atoms with Gasteiger partial charge in [0.15, 0.2) is 11.7 Å². The van der Waals surface area contributed by atoms with Crippen molar-refractivity contribution in [3.05, 3.63) is 65.3 Å². The standard InChI is InChI=1S/C23H22FN3O5S2/c1-15-4-10-18(11-5-15)34(30,31)27-12-2-3-20(27)22(29)32-13-21(28)26-23-25-19(14-33-23)16-6-8-17(24)9-7-16/h4-11,14,20H,2-3,12-13H2,1H3,(H,25,26,28). The van der Waals surface area contributed by atoms with Gasteiger partial charge in [0.25, 0.3) is 5.91 Å². The van der Waals surface area contributed by atoms with E-state index in [1.54, 1.807) is 29.6 Å². The summed E-state index contributed by atoms with van der Waals surface area (Å²) in [5.74, 6) is -1.73. The number of thiazole rings is 1. The summed E-state index contributed by atoms with van der Waals surface area (Å²) in [6.07, 6.45) is 0.835. The lowest BCUT2D eigenvalue weighted by Gasteiger charge is -2.22. The quantitative estimate of drug-likeness (QED) is 0.494. The molecule has 1 N–H and O–H groups in total. The van der Waals surface area contributed by atoms with Crippen LogP contribution < -0.4 is 5.32 Å². The molecular weight excluding hydrogens is 481 g/mol. The predicted octanol–water partition coefficient (Wildman–Crippen LogP) is 3.59. The summed E-state index contributed by atoms with van der Waals surface area (Å²) in [4.78, 5) is 29.2. The molecule has 178 valence electrons. The Balaban J connectivity index is 1.34. The van der Waals surface area contributed by atoms with Crippen LogP contribution in [0.5, 0.6) is 0 Å². The van der Waals surface area contributed by atoms with Crippen LogP contribution in [-0.2, 0) is 24.3 Å². The SMILES string of the molecule is Cc1ccc(S(=O)(=O)N2CCCC2C(=O)OCC(=O)Nc2nc(-c3ccc(F)cc3)cs2)cc1. The number of carbonyl (C=O) groups excluding carboxylic acids is 2. The summed E-state index contributed by atoms with van der Waals surface area (Å²) >= 11 is 1.17. The van der Waals surface area contributed by atoms with Crippen molar-refractivity contribution in [2.24, 2.45) is 0 Å². The van der Waals surface area contributed by atoms with Crippen molar-refractivity contribution in [1.82, 2.24) is 9.29 Å². The average molecular weight is 504 g/mol. The van der Waals surface area contributed by atoms with Crippen molar-refractivity contribution in [2.45, 2.75) is 30.7 Å². The molecule has 1 fully saturated rings. The molecule has 8 nitrogen and oxygen atoms in total. The fraction of sp³-hybridized carbons (Fsp3) is 0.261. The molecule has 2 heterocycles. The molecule has 2 aromatic carbocycles. The van der Waals surface area contributed by atoms with Gasteiger partial charge >= 0.3 is 5.97 Å². The summed E-state index contributed by atoms with van der Waals surface area (Å²) in [6.45, 7) is 1.49. The van der Waals surface area contributed by atoms with Crippen molar-refractivity contribution in [3.8, 4) is 11.3 Å². The molecule has 3 aromatic rings. The maximum atomic E-state index is 13.1. The first-order chi connectivity index (χ1) is 16.2. The Labute approximate surface area is 200 Å². The van der Waals surface area contributed by atoms with Crippen molar-refractivity contribution < 1.29 is 27.1 Å². The summed E-state index contributed by atoms with van der Waals surface area (Å²) < 4.78 is 45.3. The minimum atomic E-state index is -3.86. The first-order valence-corrected chi connectivity index (χ1v) is 12.8.